The molecule has 2 N–H and O–H groups in total. The van der Waals surface area contributed by atoms with Crippen molar-refractivity contribution in [3.8, 4) is 0 Å². The second-order valence-corrected chi connectivity index (χ2v) is 5.72. The molecule has 2 aromatic rings. The normalized spacial score (nSPS) is 19.9. The van der Waals surface area contributed by atoms with Gasteiger partial charge in [0, 0.05) is 11.9 Å². The minimum atomic E-state index is -0.514. The molecule has 1 aliphatic rings. The van der Waals surface area contributed by atoms with Crippen molar-refractivity contribution in [2.24, 2.45) is 0 Å². The second-order valence-electron chi connectivity index (χ2n) is 5.72. The third-order valence-electron chi connectivity index (χ3n) is 4.14. The van der Waals surface area contributed by atoms with Crippen LogP contribution >= 0.6 is 0 Å². The summed E-state index contributed by atoms with van der Waals surface area (Å²) < 4.78 is 5.83. The lowest BCUT2D eigenvalue weighted by Gasteiger charge is -2.24. The molecule has 0 saturated heterocycles. The molecule has 102 valence electrons. The summed E-state index contributed by atoms with van der Waals surface area (Å²) in [6, 6.07) is 10.2. The van der Waals surface area contributed by atoms with E-state index in [0.29, 0.717) is 6.54 Å². The monoisotopic (exact) mass is 259 g/mol. The van der Waals surface area contributed by atoms with Crippen molar-refractivity contribution in [3.63, 3.8) is 0 Å². The largest absolute Gasteiger partial charge is 0.459 e. The number of furan rings is 1. The first-order chi connectivity index (χ1) is 9.16. The Morgan fingerprint density at radius 3 is 2.79 bits per heavy atom. The van der Waals surface area contributed by atoms with E-state index < -0.39 is 5.60 Å². The van der Waals surface area contributed by atoms with Gasteiger partial charge in [-0.15, -0.1) is 0 Å². The molecule has 0 bridgehead atoms. The number of hydrogen-bond donors (Lipinski definition) is 2. The predicted octanol–water partition coefficient (Wildman–Crippen LogP) is 3.39. The third-order valence-corrected chi connectivity index (χ3v) is 4.14. The molecule has 1 aromatic carbocycles. The second kappa shape index (κ2) is 4.99. The van der Waals surface area contributed by atoms with Crippen LogP contribution in [0.1, 0.15) is 44.4 Å². The van der Waals surface area contributed by atoms with Crippen LogP contribution in [0.4, 0.5) is 0 Å². The molecule has 1 aromatic heterocycles. The molecule has 1 heterocycles. The molecule has 1 aliphatic carbocycles. The standard InChI is InChI=1S/C16H21NO2/c1-12(17-11-16(18)8-4-5-9-16)15-10-13-6-2-3-7-14(13)19-15/h2-3,6-7,10,12,17-18H,4-5,8-9,11H2,1H3. The molecule has 19 heavy (non-hydrogen) atoms. The van der Waals surface area contributed by atoms with Gasteiger partial charge in [0.15, 0.2) is 0 Å². The Bertz CT molecular complexity index is 522. The summed E-state index contributed by atoms with van der Waals surface area (Å²) in [5.41, 5.74) is 0.408. The van der Waals surface area contributed by atoms with Crippen molar-refractivity contribution in [1.29, 1.82) is 0 Å². The Labute approximate surface area is 113 Å². The Hall–Kier alpha value is -1.32. The summed E-state index contributed by atoms with van der Waals surface area (Å²) in [4.78, 5) is 0. The summed E-state index contributed by atoms with van der Waals surface area (Å²) >= 11 is 0. The SMILES string of the molecule is CC(NCC1(O)CCCC1)c1cc2ccccc2o1. The fraction of sp³-hybridized carbons (Fsp3) is 0.500. The van der Waals surface area contributed by atoms with E-state index in [1.165, 1.54) is 0 Å². The summed E-state index contributed by atoms with van der Waals surface area (Å²) in [5, 5.41) is 14.9. The summed E-state index contributed by atoms with van der Waals surface area (Å²) in [6.07, 6.45) is 4.09. The van der Waals surface area contributed by atoms with E-state index >= 15 is 0 Å². The topological polar surface area (TPSA) is 45.4 Å². The van der Waals surface area contributed by atoms with E-state index in [4.69, 9.17) is 4.42 Å². The molecule has 0 aliphatic heterocycles. The average molecular weight is 259 g/mol. The lowest BCUT2D eigenvalue weighted by molar-refractivity contribution is 0.0447. The van der Waals surface area contributed by atoms with Crippen LogP contribution in [-0.4, -0.2) is 17.3 Å². The van der Waals surface area contributed by atoms with Gasteiger partial charge in [-0.1, -0.05) is 31.0 Å². The molecule has 3 rings (SSSR count). The number of benzene rings is 1. The Morgan fingerprint density at radius 1 is 1.32 bits per heavy atom. The van der Waals surface area contributed by atoms with Gasteiger partial charge >= 0.3 is 0 Å². The zero-order chi connectivity index (χ0) is 13.3. The maximum absolute atomic E-state index is 10.3. The van der Waals surface area contributed by atoms with Gasteiger partial charge in [0.2, 0.25) is 0 Å². The number of aliphatic hydroxyl groups is 1. The van der Waals surface area contributed by atoms with Crippen LogP contribution < -0.4 is 5.32 Å². The minimum Gasteiger partial charge on any atom is -0.459 e. The van der Waals surface area contributed by atoms with Crippen LogP contribution in [0.5, 0.6) is 0 Å². The van der Waals surface area contributed by atoms with Gasteiger partial charge in [-0.3, -0.25) is 0 Å². The first-order valence-corrected chi connectivity index (χ1v) is 7.11. The van der Waals surface area contributed by atoms with E-state index in [1.54, 1.807) is 0 Å². The third kappa shape index (κ3) is 2.67. The molecule has 1 fully saturated rings. The van der Waals surface area contributed by atoms with E-state index in [-0.39, 0.29) is 6.04 Å². The molecule has 1 atom stereocenters. The number of para-hydroxylation sites is 1. The van der Waals surface area contributed by atoms with E-state index in [2.05, 4.69) is 24.4 Å². The van der Waals surface area contributed by atoms with Crippen LogP contribution in [0.2, 0.25) is 0 Å². The van der Waals surface area contributed by atoms with Gasteiger partial charge in [0.25, 0.3) is 0 Å². The Morgan fingerprint density at radius 2 is 2.05 bits per heavy atom. The van der Waals surface area contributed by atoms with Crippen molar-refractivity contribution < 1.29 is 9.52 Å². The summed E-state index contributed by atoms with van der Waals surface area (Å²) in [5.74, 6) is 0.933. The minimum absolute atomic E-state index is 0.122. The number of fused-ring (bicyclic) bond motifs is 1. The van der Waals surface area contributed by atoms with Gasteiger partial charge in [0.1, 0.15) is 11.3 Å². The van der Waals surface area contributed by atoms with Crippen molar-refractivity contribution in [2.45, 2.75) is 44.2 Å². The lowest BCUT2D eigenvalue weighted by Crippen LogP contribution is -2.38. The average Bonchev–Trinajstić information content (AvgIpc) is 3.02. The molecule has 1 unspecified atom stereocenters. The molecular formula is C16H21NO2. The van der Waals surface area contributed by atoms with Crippen LogP contribution in [-0.2, 0) is 0 Å². The highest BCUT2D eigenvalue weighted by atomic mass is 16.3. The first-order valence-electron chi connectivity index (χ1n) is 7.11. The number of nitrogens with one attached hydrogen (secondary N) is 1. The highest BCUT2D eigenvalue weighted by Gasteiger charge is 2.31. The fourth-order valence-electron chi connectivity index (χ4n) is 2.87. The van der Waals surface area contributed by atoms with Crippen molar-refractivity contribution in [2.75, 3.05) is 6.54 Å². The quantitative estimate of drug-likeness (QED) is 0.884. The number of rotatable bonds is 4. The smallest absolute Gasteiger partial charge is 0.134 e. The van der Waals surface area contributed by atoms with Crippen LogP contribution in [0.25, 0.3) is 11.0 Å². The van der Waals surface area contributed by atoms with Crippen molar-refractivity contribution >= 4 is 11.0 Å². The molecule has 1 saturated carbocycles. The summed E-state index contributed by atoms with van der Waals surface area (Å²) in [7, 11) is 0. The molecule has 0 radical (unpaired) electrons. The summed E-state index contributed by atoms with van der Waals surface area (Å²) in [6.45, 7) is 2.72. The van der Waals surface area contributed by atoms with Gasteiger partial charge in [-0.2, -0.15) is 0 Å². The van der Waals surface area contributed by atoms with E-state index in [1.807, 2.05) is 18.2 Å². The fourth-order valence-corrected chi connectivity index (χ4v) is 2.87. The van der Waals surface area contributed by atoms with Gasteiger partial charge in [0.05, 0.1) is 11.6 Å². The molecule has 0 spiro atoms. The zero-order valence-corrected chi connectivity index (χ0v) is 11.4. The Kier molecular flexibility index (Phi) is 3.33. The molecule has 0 amide bonds. The lowest BCUT2D eigenvalue weighted by atomic mass is 10.0. The van der Waals surface area contributed by atoms with Gasteiger partial charge < -0.3 is 14.8 Å². The van der Waals surface area contributed by atoms with Gasteiger partial charge in [-0.25, -0.2) is 0 Å². The predicted molar refractivity (Wildman–Crippen MR) is 76.0 cm³/mol. The highest BCUT2D eigenvalue weighted by molar-refractivity contribution is 5.77. The molecular weight excluding hydrogens is 238 g/mol. The van der Waals surface area contributed by atoms with E-state index in [0.717, 1.165) is 42.4 Å². The molecule has 3 nitrogen and oxygen atoms in total. The van der Waals surface area contributed by atoms with Crippen LogP contribution in [0.3, 0.4) is 0 Å². The van der Waals surface area contributed by atoms with Crippen LogP contribution in [0, 0.1) is 0 Å². The number of hydrogen-bond acceptors (Lipinski definition) is 3. The maximum Gasteiger partial charge on any atom is 0.134 e. The van der Waals surface area contributed by atoms with Crippen LogP contribution in [0.15, 0.2) is 34.7 Å². The van der Waals surface area contributed by atoms with Crippen molar-refractivity contribution in [3.05, 3.63) is 36.1 Å². The van der Waals surface area contributed by atoms with Gasteiger partial charge in [-0.05, 0) is 31.9 Å². The first kappa shape index (κ1) is 12.7. The van der Waals surface area contributed by atoms with Crippen molar-refractivity contribution in [1.82, 2.24) is 5.32 Å². The van der Waals surface area contributed by atoms with E-state index in [9.17, 15) is 5.11 Å². The zero-order valence-electron chi connectivity index (χ0n) is 11.4. The Balaban J connectivity index is 1.68. The maximum atomic E-state index is 10.3. The molecule has 3 heteroatoms. The highest BCUT2D eigenvalue weighted by Crippen LogP contribution is 2.30.